The zero-order valence-corrected chi connectivity index (χ0v) is 19.1. The summed E-state index contributed by atoms with van der Waals surface area (Å²) < 4.78 is 14.0. The number of halogens is 1. The van der Waals surface area contributed by atoms with Gasteiger partial charge in [0.25, 0.3) is 0 Å². The molecule has 3 N–H and O–H groups in total. The van der Waals surface area contributed by atoms with Crippen molar-refractivity contribution in [2.45, 2.75) is 45.6 Å². The highest BCUT2D eigenvalue weighted by atomic mass is 19.1. The van der Waals surface area contributed by atoms with Crippen molar-refractivity contribution in [3.63, 3.8) is 0 Å². The first-order valence-corrected chi connectivity index (χ1v) is 11.1. The maximum Gasteiger partial charge on any atom is 0.207 e. The van der Waals surface area contributed by atoms with Gasteiger partial charge in [0, 0.05) is 36.1 Å². The van der Waals surface area contributed by atoms with Gasteiger partial charge in [-0.3, -0.25) is 9.89 Å². The van der Waals surface area contributed by atoms with Crippen LogP contribution in [0.5, 0.6) is 0 Å². The fraction of sp³-hybridized carbons (Fsp3) is 0.292. The topological polar surface area (TPSA) is 113 Å². The molecule has 0 aliphatic heterocycles. The lowest BCUT2D eigenvalue weighted by Crippen LogP contribution is -2.11. The van der Waals surface area contributed by atoms with Crippen molar-refractivity contribution in [2.75, 3.05) is 5.32 Å². The van der Waals surface area contributed by atoms with Crippen LogP contribution < -0.4 is 10.6 Å². The lowest BCUT2D eigenvalue weighted by Gasteiger charge is -2.25. The molecule has 5 rings (SSSR count). The molecule has 4 heterocycles. The molecule has 1 fully saturated rings. The Bertz CT molecular complexity index is 1230. The van der Waals surface area contributed by atoms with Gasteiger partial charge in [0.1, 0.15) is 5.82 Å². The van der Waals surface area contributed by atoms with Crippen LogP contribution in [0.4, 0.5) is 16.0 Å². The fourth-order valence-electron chi connectivity index (χ4n) is 3.53. The van der Waals surface area contributed by atoms with E-state index in [-0.39, 0.29) is 0 Å². The van der Waals surface area contributed by atoms with Gasteiger partial charge in [0.05, 0.1) is 12.4 Å². The quantitative estimate of drug-likeness (QED) is 0.357. The molecule has 1 aliphatic rings. The first-order chi connectivity index (χ1) is 16.5. The van der Waals surface area contributed by atoms with Crippen LogP contribution in [0.25, 0.3) is 5.82 Å². The number of pyridine rings is 2. The first-order valence-electron chi connectivity index (χ1n) is 11.1. The van der Waals surface area contributed by atoms with E-state index >= 15 is 0 Å². The molecule has 9 nitrogen and oxygen atoms in total. The van der Waals surface area contributed by atoms with E-state index in [4.69, 9.17) is 4.98 Å². The molecule has 0 atom stereocenters. The third kappa shape index (κ3) is 6.03. The van der Waals surface area contributed by atoms with Crippen LogP contribution in [0.2, 0.25) is 0 Å². The Kier molecular flexibility index (Phi) is 7.26. The van der Waals surface area contributed by atoms with Gasteiger partial charge in [-0.1, -0.05) is 12.5 Å². The summed E-state index contributed by atoms with van der Waals surface area (Å²) >= 11 is 0. The average molecular weight is 463 g/mol. The maximum atomic E-state index is 12.7. The summed E-state index contributed by atoms with van der Waals surface area (Å²) in [6.07, 6.45) is 8.47. The van der Waals surface area contributed by atoms with Crippen LogP contribution in [-0.4, -0.2) is 36.4 Å². The summed E-state index contributed by atoms with van der Waals surface area (Å²) in [6.45, 7) is 4.52. The minimum absolute atomic E-state index is 0.409. The van der Waals surface area contributed by atoms with Gasteiger partial charge in [-0.2, -0.15) is 10.2 Å². The van der Waals surface area contributed by atoms with Gasteiger partial charge >= 0.3 is 0 Å². The summed E-state index contributed by atoms with van der Waals surface area (Å²) in [5.41, 5.74) is 4.38. The molecular formula is C24H27FN8O. The smallest absolute Gasteiger partial charge is 0.207 e. The number of aromatic amines is 1. The Morgan fingerprint density at radius 2 is 2.03 bits per heavy atom. The largest absolute Gasteiger partial charge is 0.355 e. The van der Waals surface area contributed by atoms with Crippen LogP contribution in [0.15, 0.2) is 48.9 Å². The highest BCUT2D eigenvalue weighted by molar-refractivity contribution is 5.53. The van der Waals surface area contributed by atoms with Crippen LogP contribution >= 0.6 is 0 Å². The van der Waals surface area contributed by atoms with Crippen LogP contribution in [-0.2, 0) is 11.3 Å². The predicted octanol–water partition coefficient (Wildman–Crippen LogP) is 4.09. The molecule has 4 aromatic rings. The Labute approximate surface area is 196 Å². The molecule has 4 aromatic heterocycles. The number of hydrogen-bond acceptors (Lipinski definition) is 6. The standard InChI is InChI=1S/C14H18N4.C10H9FN4O/c1-9-6-12(11-4-3-5-11)15-13(7-9)16-14-8-10(2)17-18-14;11-9-5-14-15(6-9)10-2-1-8(4-13-10)3-12-7-16/h6-8,11H,3-5H2,1-2H3,(H2,15,16,17,18);1-2,4-7H,3H2,(H,12,16). The van der Waals surface area contributed by atoms with Crippen LogP contribution in [0, 0.1) is 19.7 Å². The molecular weight excluding hydrogens is 435 g/mol. The van der Waals surface area contributed by atoms with E-state index in [1.165, 1.54) is 41.4 Å². The van der Waals surface area contributed by atoms with Gasteiger partial charge in [-0.05, 0) is 56.0 Å². The van der Waals surface area contributed by atoms with Crippen molar-refractivity contribution in [2.24, 2.45) is 0 Å². The zero-order chi connectivity index (χ0) is 23.9. The van der Waals surface area contributed by atoms with Crippen molar-refractivity contribution in [3.05, 3.63) is 77.3 Å². The molecule has 34 heavy (non-hydrogen) atoms. The number of nitrogens with one attached hydrogen (secondary N) is 3. The minimum Gasteiger partial charge on any atom is -0.355 e. The Balaban J connectivity index is 0.000000162. The summed E-state index contributed by atoms with van der Waals surface area (Å²) in [6, 6.07) is 9.73. The van der Waals surface area contributed by atoms with Crippen LogP contribution in [0.3, 0.4) is 0 Å². The number of carbonyl (C=O) groups is 1. The van der Waals surface area contributed by atoms with Gasteiger partial charge in [0.2, 0.25) is 6.41 Å². The molecule has 0 spiro atoms. The van der Waals surface area contributed by atoms with Gasteiger partial charge in [-0.25, -0.2) is 19.0 Å². The maximum absolute atomic E-state index is 12.7. The number of nitrogens with zero attached hydrogens (tertiary/aromatic N) is 5. The Morgan fingerprint density at radius 1 is 1.18 bits per heavy atom. The number of amides is 1. The second-order valence-corrected chi connectivity index (χ2v) is 8.27. The summed E-state index contributed by atoms with van der Waals surface area (Å²) in [5, 5.41) is 16.7. The van der Waals surface area contributed by atoms with Gasteiger partial charge in [-0.15, -0.1) is 0 Å². The second-order valence-electron chi connectivity index (χ2n) is 8.27. The van der Waals surface area contributed by atoms with Crippen molar-refractivity contribution < 1.29 is 9.18 Å². The van der Waals surface area contributed by atoms with Crippen molar-refractivity contribution >= 4 is 18.0 Å². The molecule has 0 saturated heterocycles. The second kappa shape index (κ2) is 10.7. The average Bonchev–Trinajstić information content (AvgIpc) is 3.39. The monoisotopic (exact) mass is 462 g/mol. The third-order valence-corrected chi connectivity index (χ3v) is 5.46. The number of carbonyl (C=O) groups excluding carboxylic acids is 1. The number of anilines is 2. The predicted molar refractivity (Wildman–Crippen MR) is 126 cm³/mol. The molecule has 1 saturated carbocycles. The van der Waals surface area contributed by atoms with Crippen molar-refractivity contribution in [3.8, 4) is 5.82 Å². The summed E-state index contributed by atoms with van der Waals surface area (Å²) in [4.78, 5) is 18.9. The Hall–Kier alpha value is -4.08. The molecule has 1 aliphatic carbocycles. The third-order valence-electron chi connectivity index (χ3n) is 5.46. The highest BCUT2D eigenvalue weighted by Crippen LogP contribution is 2.36. The van der Waals surface area contributed by atoms with E-state index in [1.807, 2.05) is 13.0 Å². The number of hydrogen-bond donors (Lipinski definition) is 3. The number of H-pyrrole nitrogens is 1. The van der Waals surface area contributed by atoms with E-state index in [0.717, 1.165) is 29.1 Å². The molecule has 0 radical (unpaired) electrons. The molecule has 0 unspecified atom stereocenters. The minimum atomic E-state index is -0.409. The Morgan fingerprint density at radius 3 is 2.62 bits per heavy atom. The normalized spacial score (nSPS) is 12.9. The van der Waals surface area contributed by atoms with E-state index < -0.39 is 5.82 Å². The van der Waals surface area contributed by atoms with E-state index in [1.54, 1.807) is 18.3 Å². The van der Waals surface area contributed by atoms with E-state index in [2.05, 4.69) is 50.0 Å². The molecule has 0 bridgehead atoms. The first kappa shape index (κ1) is 23.1. The number of aromatic nitrogens is 6. The molecule has 0 aromatic carbocycles. The zero-order valence-electron chi connectivity index (χ0n) is 19.1. The van der Waals surface area contributed by atoms with Gasteiger partial charge < -0.3 is 10.6 Å². The van der Waals surface area contributed by atoms with E-state index in [0.29, 0.717) is 24.7 Å². The lowest BCUT2D eigenvalue weighted by atomic mass is 9.82. The highest BCUT2D eigenvalue weighted by Gasteiger charge is 2.21. The van der Waals surface area contributed by atoms with Crippen molar-refractivity contribution in [1.29, 1.82) is 0 Å². The fourth-order valence-corrected chi connectivity index (χ4v) is 3.53. The molecule has 10 heteroatoms. The van der Waals surface area contributed by atoms with E-state index in [9.17, 15) is 9.18 Å². The van der Waals surface area contributed by atoms with Crippen molar-refractivity contribution in [1.82, 2.24) is 35.3 Å². The lowest BCUT2D eigenvalue weighted by molar-refractivity contribution is -0.109. The van der Waals surface area contributed by atoms with Crippen LogP contribution in [0.1, 0.15) is 47.7 Å². The SMILES string of the molecule is Cc1cc(Nc2cc(C)[nH]n2)nc(C2CCC2)c1.O=CNCc1ccc(-n2cc(F)cn2)nc1. The summed E-state index contributed by atoms with van der Waals surface area (Å²) in [5.74, 6) is 2.49. The summed E-state index contributed by atoms with van der Waals surface area (Å²) in [7, 11) is 0. The number of aryl methyl sites for hydroxylation is 2. The molecule has 1 amide bonds. The molecule has 176 valence electrons. The number of rotatable bonds is 7. The van der Waals surface area contributed by atoms with Gasteiger partial charge in [0.15, 0.2) is 17.5 Å².